The predicted octanol–water partition coefficient (Wildman–Crippen LogP) is 4.59. The first-order chi connectivity index (χ1) is 14.7. The molecule has 1 N–H and O–H groups in total. The van der Waals surface area contributed by atoms with E-state index in [1.807, 2.05) is 77.5 Å². The Morgan fingerprint density at radius 2 is 1.87 bits per heavy atom. The molecule has 30 heavy (non-hydrogen) atoms. The summed E-state index contributed by atoms with van der Waals surface area (Å²) in [6.45, 7) is 1.93. The zero-order valence-electron chi connectivity index (χ0n) is 16.1. The summed E-state index contributed by atoms with van der Waals surface area (Å²) < 4.78 is 7.98. The summed E-state index contributed by atoms with van der Waals surface area (Å²) in [6, 6.07) is 19.4. The molecular weight excluding hydrogens is 418 g/mol. The Hall–Kier alpha value is -3.17. The number of benzene rings is 2. The second-order valence-electron chi connectivity index (χ2n) is 6.26. The van der Waals surface area contributed by atoms with Crippen molar-refractivity contribution in [2.24, 2.45) is 0 Å². The quantitative estimate of drug-likeness (QED) is 0.406. The Kier molecular flexibility index (Phi) is 6.41. The van der Waals surface area contributed by atoms with Crippen LogP contribution in [0.1, 0.15) is 18.9 Å². The summed E-state index contributed by atoms with van der Waals surface area (Å²) in [5.74, 6) is 1.46. The number of anilines is 1. The lowest BCUT2D eigenvalue weighted by Crippen LogP contribution is -2.15. The number of nitrogens with one attached hydrogen (secondary N) is 1. The van der Waals surface area contributed by atoms with E-state index >= 15 is 0 Å². The number of thioether (sulfide) groups is 1. The Labute approximate surface area is 182 Å². The lowest BCUT2D eigenvalue weighted by atomic mass is 10.3. The van der Waals surface area contributed by atoms with Gasteiger partial charge < -0.3 is 10.1 Å². The molecule has 0 saturated carbocycles. The van der Waals surface area contributed by atoms with Crippen molar-refractivity contribution in [3.63, 3.8) is 0 Å². The summed E-state index contributed by atoms with van der Waals surface area (Å²) in [5, 5.41) is 14.5. The molecule has 0 bridgehead atoms. The summed E-state index contributed by atoms with van der Waals surface area (Å²) >= 11 is 2.69. The first-order valence-corrected chi connectivity index (χ1v) is 11.1. The van der Waals surface area contributed by atoms with Crippen molar-refractivity contribution in [2.45, 2.75) is 18.2 Å². The molecular formula is C21H19N5O2S2. The number of carbonyl (C=O) groups is 1. The number of thiazole rings is 1. The van der Waals surface area contributed by atoms with Crippen LogP contribution in [0.4, 0.5) is 5.13 Å². The Morgan fingerprint density at radius 3 is 2.57 bits per heavy atom. The van der Waals surface area contributed by atoms with E-state index in [0.717, 1.165) is 11.4 Å². The van der Waals surface area contributed by atoms with Crippen LogP contribution in [0.5, 0.6) is 5.75 Å². The van der Waals surface area contributed by atoms with Crippen molar-refractivity contribution in [3.05, 3.63) is 78.1 Å². The molecule has 0 unspecified atom stereocenters. The molecule has 2 heterocycles. The highest BCUT2D eigenvalue weighted by Crippen LogP contribution is 2.28. The fourth-order valence-electron chi connectivity index (χ4n) is 2.78. The van der Waals surface area contributed by atoms with Crippen molar-refractivity contribution in [3.8, 4) is 11.4 Å². The third-order valence-electron chi connectivity index (χ3n) is 4.10. The smallest absolute Gasteiger partial charge is 0.236 e. The fourth-order valence-corrected chi connectivity index (χ4v) is 4.09. The number of rotatable bonds is 8. The highest BCUT2D eigenvalue weighted by Gasteiger charge is 2.21. The minimum Gasteiger partial charge on any atom is -0.483 e. The van der Waals surface area contributed by atoms with Gasteiger partial charge in [-0.15, -0.1) is 21.5 Å². The molecule has 1 amide bonds. The van der Waals surface area contributed by atoms with Crippen LogP contribution in [-0.2, 0) is 4.79 Å². The van der Waals surface area contributed by atoms with Gasteiger partial charge in [0.25, 0.3) is 0 Å². The van der Waals surface area contributed by atoms with E-state index in [1.54, 1.807) is 6.20 Å². The Balaban J connectivity index is 1.55. The molecule has 0 aliphatic rings. The van der Waals surface area contributed by atoms with Crippen LogP contribution in [0, 0.1) is 0 Å². The summed E-state index contributed by atoms with van der Waals surface area (Å²) in [5.41, 5.74) is 0.906. The topological polar surface area (TPSA) is 81.9 Å². The van der Waals surface area contributed by atoms with Gasteiger partial charge in [0.05, 0.1) is 5.75 Å². The van der Waals surface area contributed by atoms with Gasteiger partial charge in [-0.1, -0.05) is 48.2 Å². The standard InChI is InChI=1S/C21H19N5O2S2/c1-15(28-17-10-6-3-7-11-17)19-24-25-21(26(19)16-8-4-2-5-9-16)30-14-18(27)23-20-22-12-13-29-20/h2-13,15H,14H2,1H3,(H,22,23,27)/t15-/m0/s1. The number of hydrogen-bond acceptors (Lipinski definition) is 7. The van der Waals surface area contributed by atoms with E-state index in [9.17, 15) is 4.79 Å². The van der Waals surface area contributed by atoms with Gasteiger partial charge in [0, 0.05) is 17.3 Å². The Morgan fingerprint density at radius 1 is 1.13 bits per heavy atom. The molecule has 0 saturated heterocycles. The van der Waals surface area contributed by atoms with Gasteiger partial charge in [0.2, 0.25) is 5.91 Å². The molecule has 9 heteroatoms. The van der Waals surface area contributed by atoms with Gasteiger partial charge in [-0.3, -0.25) is 9.36 Å². The van der Waals surface area contributed by atoms with Gasteiger partial charge in [0.1, 0.15) is 5.75 Å². The predicted molar refractivity (Wildman–Crippen MR) is 118 cm³/mol. The van der Waals surface area contributed by atoms with Gasteiger partial charge in [0.15, 0.2) is 22.2 Å². The average molecular weight is 438 g/mol. The van der Waals surface area contributed by atoms with E-state index in [0.29, 0.717) is 16.1 Å². The molecule has 7 nitrogen and oxygen atoms in total. The maximum atomic E-state index is 12.3. The molecule has 2 aromatic carbocycles. The highest BCUT2D eigenvalue weighted by molar-refractivity contribution is 7.99. The minimum absolute atomic E-state index is 0.146. The van der Waals surface area contributed by atoms with Crippen LogP contribution in [0.2, 0.25) is 0 Å². The zero-order chi connectivity index (χ0) is 20.8. The van der Waals surface area contributed by atoms with E-state index in [4.69, 9.17) is 4.74 Å². The lowest BCUT2D eigenvalue weighted by molar-refractivity contribution is -0.113. The zero-order valence-corrected chi connectivity index (χ0v) is 17.8. The average Bonchev–Trinajstić information content (AvgIpc) is 3.43. The monoisotopic (exact) mass is 437 g/mol. The number of aromatic nitrogens is 4. The fraction of sp³-hybridized carbons (Fsp3) is 0.143. The largest absolute Gasteiger partial charge is 0.483 e. The van der Waals surface area contributed by atoms with Gasteiger partial charge in [-0.05, 0) is 31.2 Å². The van der Waals surface area contributed by atoms with E-state index in [1.165, 1.54) is 23.1 Å². The van der Waals surface area contributed by atoms with Crippen LogP contribution < -0.4 is 10.1 Å². The maximum Gasteiger partial charge on any atom is 0.236 e. The van der Waals surface area contributed by atoms with Gasteiger partial charge in [-0.25, -0.2) is 4.98 Å². The number of carbonyl (C=O) groups excluding carboxylic acids is 1. The summed E-state index contributed by atoms with van der Waals surface area (Å²) in [6.07, 6.45) is 1.32. The van der Waals surface area contributed by atoms with Crippen LogP contribution in [0.3, 0.4) is 0 Å². The molecule has 4 aromatic rings. The second kappa shape index (κ2) is 9.55. The molecule has 4 rings (SSSR count). The first-order valence-electron chi connectivity index (χ1n) is 9.25. The van der Waals surface area contributed by atoms with Crippen molar-refractivity contribution in [1.29, 1.82) is 0 Å². The summed E-state index contributed by atoms with van der Waals surface area (Å²) in [4.78, 5) is 16.3. The minimum atomic E-state index is -0.335. The SMILES string of the molecule is C[C@H](Oc1ccccc1)c1nnc(SCC(=O)Nc2nccs2)n1-c1ccccc1. The highest BCUT2D eigenvalue weighted by atomic mass is 32.2. The van der Waals surface area contributed by atoms with Gasteiger partial charge in [-0.2, -0.15) is 0 Å². The number of amides is 1. The molecule has 0 spiro atoms. The molecule has 0 radical (unpaired) electrons. The maximum absolute atomic E-state index is 12.3. The summed E-state index contributed by atoms with van der Waals surface area (Å²) in [7, 11) is 0. The van der Waals surface area contributed by atoms with Crippen molar-refractivity contribution in [1.82, 2.24) is 19.7 Å². The third-order valence-corrected chi connectivity index (χ3v) is 5.72. The number of ether oxygens (including phenoxy) is 1. The van der Waals surface area contributed by atoms with Gasteiger partial charge >= 0.3 is 0 Å². The first kappa shape index (κ1) is 20.1. The Bertz CT molecular complexity index is 1090. The molecule has 0 fully saturated rings. The van der Waals surface area contributed by atoms with Crippen LogP contribution in [0.15, 0.2) is 77.4 Å². The molecule has 2 aromatic heterocycles. The van der Waals surface area contributed by atoms with Crippen LogP contribution in [-0.4, -0.2) is 31.4 Å². The molecule has 1 atom stereocenters. The van der Waals surface area contributed by atoms with Crippen molar-refractivity contribution < 1.29 is 9.53 Å². The molecule has 0 aliphatic carbocycles. The third kappa shape index (κ3) is 4.87. The number of nitrogens with zero attached hydrogens (tertiary/aromatic N) is 4. The second-order valence-corrected chi connectivity index (χ2v) is 8.10. The van der Waals surface area contributed by atoms with E-state index in [-0.39, 0.29) is 17.8 Å². The molecule has 152 valence electrons. The van der Waals surface area contributed by atoms with Crippen LogP contribution in [0.25, 0.3) is 5.69 Å². The van der Waals surface area contributed by atoms with E-state index in [2.05, 4.69) is 20.5 Å². The number of para-hydroxylation sites is 2. The normalized spacial score (nSPS) is 11.8. The van der Waals surface area contributed by atoms with E-state index < -0.39 is 0 Å². The van der Waals surface area contributed by atoms with Crippen LogP contribution >= 0.6 is 23.1 Å². The molecule has 0 aliphatic heterocycles. The number of hydrogen-bond donors (Lipinski definition) is 1. The lowest BCUT2D eigenvalue weighted by Gasteiger charge is -2.16. The van der Waals surface area contributed by atoms with Crippen molar-refractivity contribution >= 4 is 34.1 Å². The van der Waals surface area contributed by atoms with Crippen molar-refractivity contribution in [2.75, 3.05) is 11.1 Å².